The van der Waals surface area contributed by atoms with Gasteiger partial charge in [0.25, 0.3) is 16.8 Å². The van der Waals surface area contributed by atoms with Gasteiger partial charge in [0.1, 0.15) is 18.9 Å². The lowest BCUT2D eigenvalue weighted by Crippen LogP contribution is -2.36. The number of thioether (sulfide) groups is 1. The average Bonchev–Trinajstić information content (AvgIpc) is 3.11. The molecule has 3 amide bonds. The van der Waals surface area contributed by atoms with Crippen molar-refractivity contribution in [2.45, 2.75) is 6.61 Å². The highest BCUT2D eigenvalue weighted by Gasteiger charge is 2.36. The smallest absolute Gasteiger partial charge is 0.294 e. The van der Waals surface area contributed by atoms with Gasteiger partial charge in [-0.25, -0.2) is 0 Å². The van der Waals surface area contributed by atoms with Crippen LogP contribution in [0.25, 0.3) is 6.08 Å². The molecule has 0 saturated carbocycles. The molecular weight excluding hydrogens is 470 g/mol. The number of nitro groups is 1. The summed E-state index contributed by atoms with van der Waals surface area (Å²) in [7, 11) is 0. The van der Waals surface area contributed by atoms with E-state index >= 15 is 0 Å². The summed E-state index contributed by atoms with van der Waals surface area (Å²) in [5, 5.41) is 12.9. The van der Waals surface area contributed by atoms with Crippen LogP contribution in [0.2, 0.25) is 0 Å². The fourth-order valence-electron chi connectivity index (χ4n) is 3.19. The van der Waals surface area contributed by atoms with E-state index in [-0.39, 0.29) is 23.7 Å². The van der Waals surface area contributed by atoms with E-state index in [1.807, 2.05) is 6.07 Å². The molecule has 10 heteroatoms. The van der Waals surface area contributed by atoms with Gasteiger partial charge < -0.3 is 10.1 Å². The van der Waals surface area contributed by atoms with Gasteiger partial charge in [-0.1, -0.05) is 30.3 Å². The van der Waals surface area contributed by atoms with E-state index in [9.17, 15) is 24.5 Å². The van der Waals surface area contributed by atoms with Gasteiger partial charge in [-0.05, 0) is 65.4 Å². The molecule has 0 aromatic heterocycles. The summed E-state index contributed by atoms with van der Waals surface area (Å²) in [6.07, 6.45) is 1.58. The maximum Gasteiger partial charge on any atom is 0.294 e. The van der Waals surface area contributed by atoms with E-state index in [0.717, 1.165) is 22.2 Å². The van der Waals surface area contributed by atoms with Crippen molar-refractivity contribution in [3.05, 3.63) is 105 Å². The quantitative estimate of drug-likeness (QED) is 0.273. The molecule has 176 valence electrons. The first-order valence-corrected chi connectivity index (χ1v) is 11.3. The molecule has 1 aliphatic heterocycles. The predicted octanol–water partition coefficient (Wildman–Crippen LogP) is 4.85. The summed E-state index contributed by atoms with van der Waals surface area (Å²) >= 11 is 0.779. The van der Waals surface area contributed by atoms with Crippen LogP contribution in [0, 0.1) is 10.1 Å². The second-order valence-electron chi connectivity index (χ2n) is 7.46. The van der Waals surface area contributed by atoms with Crippen molar-refractivity contribution in [2.24, 2.45) is 0 Å². The SMILES string of the molecule is O=C(CN1C(=O)S/C(=C/c2ccc(OCc3ccc([N+](=O)[O-])cc3)cc2)C1=O)Nc1ccccc1. The summed E-state index contributed by atoms with van der Waals surface area (Å²) in [6.45, 7) is -0.131. The number of carbonyl (C=O) groups excluding carboxylic acids is 3. The number of nitrogens with one attached hydrogen (secondary N) is 1. The Morgan fingerprint density at radius 3 is 2.34 bits per heavy atom. The Morgan fingerprint density at radius 1 is 1.00 bits per heavy atom. The molecule has 1 saturated heterocycles. The van der Waals surface area contributed by atoms with E-state index in [2.05, 4.69) is 5.32 Å². The molecule has 0 aliphatic carbocycles. The van der Waals surface area contributed by atoms with E-state index in [1.165, 1.54) is 12.1 Å². The number of ether oxygens (including phenoxy) is 1. The lowest BCUT2D eigenvalue weighted by atomic mass is 10.2. The number of para-hydroxylation sites is 1. The number of nitro benzene ring substituents is 1. The maximum absolute atomic E-state index is 12.7. The summed E-state index contributed by atoms with van der Waals surface area (Å²) < 4.78 is 5.70. The molecule has 1 fully saturated rings. The Balaban J connectivity index is 1.34. The second kappa shape index (κ2) is 10.7. The normalized spacial score (nSPS) is 14.3. The number of imide groups is 1. The largest absolute Gasteiger partial charge is 0.489 e. The number of benzene rings is 3. The summed E-state index contributed by atoms with van der Waals surface area (Å²) in [4.78, 5) is 48.6. The monoisotopic (exact) mass is 489 g/mol. The minimum atomic E-state index is -0.526. The van der Waals surface area contributed by atoms with Crippen LogP contribution in [-0.4, -0.2) is 33.4 Å². The van der Waals surface area contributed by atoms with Crippen LogP contribution in [0.3, 0.4) is 0 Å². The molecule has 0 radical (unpaired) electrons. The van der Waals surface area contributed by atoms with Crippen molar-refractivity contribution in [2.75, 3.05) is 11.9 Å². The molecule has 1 heterocycles. The van der Waals surface area contributed by atoms with Crippen LogP contribution in [0.5, 0.6) is 5.75 Å². The Morgan fingerprint density at radius 2 is 1.69 bits per heavy atom. The van der Waals surface area contributed by atoms with Gasteiger partial charge >= 0.3 is 0 Å². The van der Waals surface area contributed by atoms with Gasteiger partial charge in [0.05, 0.1) is 9.83 Å². The predicted molar refractivity (Wildman–Crippen MR) is 132 cm³/mol. The number of hydrogen-bond acceptors (Lipinski definition) is 7. The number of amides is 3. The molecule has 4 rings (SSSR count). The third kappa shape index (κ3) is 6.12. The van der Waals surface area contributed by atoms with Crippen molar-refractivity contribution in [1.29, 1.82) is 0 Å². The van der Waals surface area contributed by atoms with E-state index in [1.54, 1.807) is 66.7 Å². The fraction of sp³-hybridized carbons (Fsp3) is 0.0800. The molecule has 9 nitrogen and oxygen atoms in total. The molecular formula is C25H19N3O6S. The van der Waals surface area contributed by atoms with Crippen LogP contribution < -0.4 is 10.1 Å². The fourth-order valence-corrected chi connectivity index (χ4v) is 4.03. The van der Waals surface area contributed by atoms with Gasteiger partial charge in [0.2, 0.25) is 5.91 Å². The standard InChI is InChI=1S/C25H19N3O6S/c29-23(26-19-4-2-1-3-5-19)15-27-24(30)22(35-25(27)31)14-17-8-12-21(13-9-17)34-16-18-6-10-20(11-7-18)28(32)33/h1-14H,15-16H2,(H,26,29)/b22-14+. The Bertz CT molecular complexity index is 1290. The minimum absolute atomic E-state index is 0.0133. The van der Waals surface area contributed by atoms with Crippen molar-refractivity contribution in [3.63, 3.8) is 0 Å². The van der Waals surface area contributed by atoms with Crippen LogP contribution in [0.4, 0.5) is 16.2 Å². The summed E-state index contributed by atoms with van der Waals surface area (Å²) in [5.74, 6) is -0.415. The van der Waals surface area contributed by atoms with Crippen LogP contribution in [-0.2, 0) is 16.2 Å². The van der Waals surface area contributed by atoms with Crippen molar-refractivity contribution < 1.29 is 24.0 Å². The number of carbonyl (C=O) groups is 3. The van der Waals surface area contributed by atoms with Crippen molar-refractivity contribution in [1.82, 2.24) is 4.90 Å². The molecule has 1 N–H and O–H groups in total. The summed E-state index contributed by atoms with van der Waals surface area (Å²) in [6, 6.07) is 21.8. The molecule has 3 aromatic rings. The highest BCUT2D eigenvalue weighted by atomic mass is 32.2. The van der Waals surface area contributed by atoms with Crippen molar-refractivity contribution in [3.8, 4) is 5.75 Å². The van der Waals surface area contributed by atoms with E-state index in [4.69, 9.17) is 4.74 Å². The number of non-ortho nitro benzene ring substituents is 1. The molecule has 1 aliphatic rings. The highest BCUT2D eigenvalue weighted by Crippen LogP contribution is 2.32. The third-order valence-corrected chi connectivity index (χ3v) is 5.87. The van der Waals surface area contributed by atoms with Gasteiger partial charge in [0, 0.05) is 17.8 Å². The molecule has 3 aromatic carbocycles. The molecule has 0 bridgehead atoms. The van der Waals surface area contributed by atoms with Crippen LogP contribution in [0.1, 0.15) is 11.1 Å². The van der Waals surface area contributed by atoms with Crippen molar-refractivity contribution >= 4 is 46.3 Å². The first kappa shape index (κ1) is 23.7. The Kier molecular flexibility index (Phi) is 7.22. The lowest BCUT2D eigenvalue weighted by Gasteiger charge is -2.12. The van der Waals surface area contributed by atoms with Gasteiger partial charge in [-0.3, -0.25) is 29.4 Å². The molecule has 0 spiro atoms. The second-order valence-corrected chi connectivity index (χ2v) is 8.46. The number of hydrogen-bond donors (Lipinski definition) is 1. The Hall–Kier alpha value is -4.44. The van der Waals surface area contributed by atoms with Crippen LogP contribution in [0.15, 0.2) is 83.8 Å². The van der Waals surface area contributed by atoms with Gasteiger partial charge in [-0.15, -0.1) is 0 Å². The van der Waals surface area contributed by atoms with Gasteiger partial charge in [-0.2, -0.15) is 0 Å². The van der Waals surface area contributed by atoms with E-state index < -0.39 is 22.0 Å². The molecule has 35 heavy (non-hydrogen) atoms. The summed E-state index contributed by atoms with van der Waals surface area (Å²) in [5.41, 5.74) is 2.06. The third-order valence-electron chi connectivity index (χ3n) is 4.96. The lowest BCUT2D eigenvalue weighted by molar-refractivity contribution is -0.384. The Labute approximate surface area is 204 Å². The first-order valence-electron chi connectivity index (χ1n) is 10.5. The van der Waals surface area contributed by atoms with Gasteiger partial charge in [0.15, 0.2) is 0 Å². The van der Waals surface area contributed by atoms with E-state index in [0.29, 0.717) is 17.0 Å². The number of rotatable bonds is 8. The number of anilines is 1. The maximum atomic E-state index is 12.7. The average molecular weight is 490 g/mol. The zero-order chi connectivity index (χ0) is 24.8. The molecule has 0 unspecified atom stereocenters. The number of nitrogens with zero attached hydrogens (tertiary/aromatic N) is 2. The minimum Gasteiger partial charge on any atom is -0.489 e. The highest BCUT2D eigenvalue weighted by molar-refractivity contribution is 8.18. The topological polar surface area (TPSA) is 119 Å². The van der Waals surface area contributed by atoms with Crippen LogP contribution >= 0.6 is 11.8 Å². The zero-order valence-electron chi connectivity index (χ0n) is 18.2. The first-order chi connectivity index (χ1) is 16.9. The zero-order valence-corrected chi connectivity index (χ0v) is 19.1. The molecule has 0 atom stereocenters.